The van der Waals surface area contributed by atoms with Gasteiger partial charge in [0.25, 0.3) is 0 Å². The van der Waals surface area contributed by atoms with Crippen LogP contribution in [0.5, 0.6) is 0 Å². The molecule has 6 heteroatoms. The Morgan fingerprint density at radius 3 is 2.52 bits per heavy atom. The van der Waals surface area contributed by atoms with Crippen LogP contribution in [0.2, 0.25) is 0 Å². The van der Waals surface area contributed by atoms with Gasteiger partial charge in [-0.05, 0) is 32.9 Å². The predicted molar refractivity (Wildman–Crippen MR) is 78.2 cm³/mol. The zero-order chi connectivity index (χ0) is 15.8. The van der Waals surface area contributed by atoms with Crippen LogP contribution in [0.15, 0.2) is 24.5 Å². The van der Waals surface area contributed by atoms with Gasteiger partial charge >= 0.3 is 5.97 Å². The van der Waals surface area contributed by atoms with Crippen LogP contribution < -0.4 is 5.73 Å². The number of nitrogens with two attached hydrogens (primary N) is 1. The van der Waals surface area contributed by atoms with Gasteiger partial charge in [-0.25, -0.2) is 14.2 Å². The number of carbonyl (C=O) groups is 1. The number of aromatic nitrogens is 2. The van der Waals surface area contributed by atoms with Crippen molar-refractivity contribution < 1.29 is 13.9 Å². The lowest BCUT2D eigenvalue weighted by Gasteiger charge is -2.20. The van der Waals surface area contributed by atoms with Crippen LogP contribution in [0.4, 0.5) is 10.1 Å². The first-order chi connectivity index (χ1) is 9.69. The van der Waals surface area contributed by atoms with E-state index < -0.39 is 17.4 Å². The highest BCUT2D eigenvalue weighted by atomic mass is 19.1. The highest BCUT2D eigenvalue weighted by Gasteiger charge is 2.24. The van der Waals surface area contributed by atoms with Crippen molar-refractivity contribution in [3.05, 3.63) is 35.9 Å². The average molecular weight is 291 g/mol. The molecule has 112 valence electrons. The molecule has 0 fully saturated rings. The third-order valence-corrected chi connectivity index (χ3v) is 2.80. The third kappa shape index (κ3) is 3.21. The Hall–Kier alpha value is -2.37. The molecule has 0 unspecified atom stereocenters. The maximum absolute atomic E-state index is 14.2. The highest BCUT2D eigenvalue weighted by Crippen LogP contribution is 2.27. The molecule has 2 aromatic rings. The van der Waals surface area contributed by atoms with Crippen molar-refractivity contribution in [3.8, 4) is 11.4 Å². The third-order valence-electron chi connectivity index (χ3n) is 2.80. The number of nitrogen functional groups attached to an aromatic ring is 1. The van der Waals surface area contributed by atoms with Gasteiger partial charge in [0.1, 0.15) is 22.8 Å². The van der Waals surface area contributed by atoms with E-state index in [1.807, 2.05) is 0 Å². The van der Waals surface area contributed by atoms with Crippen LogP contribution in [0, 0.1) is 5.82 Å². The van der Waals surface area contributed by atoms with Crippen LogP contribution in [0.25, 0.3) is 11.4 Å². The minimum Gasteiger partial charge on any atom is -0.456 e. The number of rotatable bonds is 2. The highest BCUT2D eigenvalue weighted by molar-refractivity contribution is 5.96. The fourth-order valence-electron chi connectivity index (χ4n) is 1.95. The van der Waals surface area contributed by atoms with E-state index >= 15 is 0 Å². The summed E-state index contributed by atoms with van der Waals surface area (Å²) in [4.78, 5) is 16.1. The molecule has 0 radical (unpaired) electrons. The molecule has 2 N–H and O–H groups in total. The van der Waals surface area contributed by atoms with Gasteiger partial charge in [0.05, 0.1) is 0 Å². The molecule has 5 nitrogen and oxygen atoms in total. The summed E-state index contributed by atoms with van der Waals surface area (Å²) in [6, 6.07) is 2.75. The number of benzene rings is 1. The van der Waals surface area contributed by atoms with Crippen LogP contribution in [0.3, 0.4) is 0 Å². The second-order valence-electron chi connectivity index (χ2n) is 5.79. The maximum atomic E-state index is 14.2. The Morgan fingerprint density at radius 1 is 1.38 bits per heavy atom. The van der Waals surface area contributed by atoms with Crippen molar-refractivity contribution in [1.82, 2.24) is 9.55 Å². The molecule has 1 aromatic heterocycles. The molecule has 1 aromatic carbocycles. The Balaban J connectivity index is 2.43. The number of hydrogen-bond acceptors (Lipinski definition) is 4. The van der Waals surface area contributed by atoms with Gasteiger partial charge in [0, 0.05) is 30.7 Å². The zero-order valence-corrected chi connectivity index (χ0v) is 12.5. The molecule has 0 aliphatic carbocycles. The number of halogens is 1. The van der Waals surface area contributed by atoms with Crippen LogP contribution in [-0.4, -0.2) is 21.1 Å². The summed E-state index contributed by atoms with van der Waals surface area (Å²) < 4.78 is 21.1. The minimum absolute atomic E-state index is 0.0299. The molecular formula is C15H18FN3O2. The fraction of sp³-hybridized carbons (Fsp3) is 0.333. The SMILES string of the molecule is Cn1ccnc1-c1cc(N)c(C(=O)OC(C)(C)C)c(F)c1. The molecule has 1 heterocycles. The van der Waals surface area contributed by atoms with E-state index in [2.05, 4.69) is 4.98 Å². The van der Waals surface area contributed by atoms with Crippen molar-refractivity contribution in [2.24, 2.45) is 7.05 Å². The van der Waals surface area contributed by atoms with Gasteiger partial charge in [0.15, 0.2) is 0 Å². The van der Waals surface area contributed by atoms with Gasteiger partial charge < -0.3 is 15.0 Å². The number of imidazole rings is 1. The van der Waals surface area contributed by atoms with Crippen LogP contribution >= 0.6 is 0 Å². The van der Waals surface area contributed by atoms with Crippen LogP contribution in [0.1, 0.15) is 31.1 Å². The Kier molecular flexibility index (Phi) is 3.72. The van der Waals surface area contributed by atoms with E-state index in [0.717, 1.165) is 0 Å². The molecule has 0 bridgehead atoms. The van der Waals surface area contributed by atoms with Crippen LogP contribution in [-0.2, 0) is 11.8 Å². The summed E-state index contributed by atoms with van der Waals surface area (Å²) in [5, 5.41) is 0. The quantitative estimate of drug-likeness (QED) is 0.682. The Morgan fingerprint density at radius 2 is 2.05 bits per heavy atom. The first-order valence-corrected chi connectivity index (χ1v) is 6.49. The molecule has 0 saturated heterocycles. The number of aryl methyl sites for hydroxylation is 1. The molecule has 2 rings (SSSR count). The zero-order valence-electron chi connectivity index (χ0n) is 12.5. The monoisotopic (exact) mass is 291 g/mol. The minimum atomic E-state index is -0.774. The molecule has 0 saturated carbocycles. The second kappa shape index (κ2) is 5.20. The molecule has 0 aliphatic rings. The number of anilines is 1. The van der Waals surface area contributed by atoms with E-state index in [9.17, 15) is 9.18 Å². The summed E-state index contributed by atoms with van der Waals surface area (Å²) in [5.41, 5.74) is 5.39. The number of ether oxygens (including phenoxy) is 1. The molecule has 0 aliphatic heterocycles. The first-order valence-electron chi connectivity index (χ1n) is 6.49. The number of hydrogen-bond donors (Lipinski definition) is 1. The predicted octanol–water partition coefficient (Wildman–Crippen LogP) is 2.76. The Bertz CT molecular complexity index is 663. The molecule has 0 spiro atoms. The molecule has 0 amide bonds. The number of esters is 1. The van der Waals surface area contributed by atoms with Gasteiger partial charge in [-0.15, -0.1) is 0 Å². The average Bonchev–Trinajstić information content (AvgIpc) is 2.71. The fourth-order valence-corrected chi connectivity index (χ4v) is 1.95. The smallest absolute Gasteiger partial charge is 0.343 e. The van der Waals surface area contributed by atoms with Gasteiger partial charge in [-0.2, -0.15) is 0 Å². The molecule has 21 heavy (non-hydrogen) atoms. The summed E-state index contributed by atoms with van der Waals surface area (Å²) in [5.74, 6) is -0.928. The van der Waals surface area contributed by atoms with Gasteiger partial charge in [0.2, 0.25) is 0 Å². The lowest BCUT2D eigenvalue weighted by molar-refractivity contribution is 0.00661. The summed E-state index contributed by atoms with van der Waals surface area (Å²) in [7, 11) is 1.79. The second-order valence-corrected chi connectivity index (χ2v) is 5.79. The van der Waals surface area contributed by atoms with Gasteiger partial charge in [-0.3, -0.25) is 0 Å². The lowest BCUT2D eigenvalue weighted by Crippen LogP contribution is -2.25. The van der Waals surface area contributed by atoms with E-state index in [0.29, 0.717) is 11.4 Å². The van der Waals surface area contributed by atoms with Crippen molar-refractivity contribution >= 4 is 11.7 Å². The van der Waals surface area contributed by atoms with Crippen molar-refractivity contribution in [3.63, 3.8) is 0 Å². The number of carbonyl (C=O) groups excluding carboxylic acids is 1. The summed E-state index contributed by atoms with van der Waals surface area (Å²) in [6.45, 7) is 5.13. The summed E-state index contributed by atoms with van der Waals surface area (Å²) in [6.07, 6.45) is 3.34. The van der Waals surface area contributed by atoms with Crippen molar-refractivity contribution in [2.75, 3.05) is 5.73 Å². The lowest BCUT2D eigenvalue weighted by atomic mass is 10.1. The Labute approximate surface area is 122 Å². The van der Waals surface area contributed by atoms with E-state index in [1.54, 1.807) is 44.8 Å². The normalized spacial score (nSPS) is 11.5. The first kappa shape index (κ1) is 15.0. The van der Waals surface area contributed by atoms with E-state index in [-0.39, 0.29) is 11.3 Å². The maximum Gasteiger partial charge on any atom is 0.343 e. The van der Waals surface area contributed by atoms with Crippen molar-refractivity contribution in [1.29, 1.82) is 0 Å². The standard InChI is InChI=1S/C15H18FN3O2/c1-15(2,3)21-14(20)12-10(16)7-9(8-11(12)17)13-18-5-6-19(13)4/h5-8H,17H2,1-4H3. The van der Waals surface area contributed by atoms with E-state index in [4.69, 9.17) is 10.5 Å². The largest absolute Gasteiger partial charge is 0.456 e. The van der Waals surface area contributed by atoms with Gasteiger partial charge in [-0.1, -0.05) is 0 Å². The summed E-state index contributed by atoms with van der Waals surface area (Å²) >= 11 is 0. The molecule has 0 atom stereocenters. The topological polar surface area (TPSA) is 70.1 Å². The van der Waals surface area contributed by atoms with Crippen molar-refractivity contribution in [2.45, 2.75) is 26.4 Å². The number of nitrogens with zero attached hydrogens (tertiary/aromatic N) is 2. The molecular weight excluding hydrogens is 273 g/mol. The van der Waals surface area contributed by atoms with E-state index in [1.165, 1.54) is 12.1 Å².